The van der Waals surface area contributed by atoms with Crippen LogP contribution in [-0.4, -0.2) is 475 Å². The van der Waals surface area contributed by atoms with E-state index in [0.717, 1.165) is 27.7 Å². The van der Waals surface area contributed by atoms with E-state index in [4.69, 9.17) is 80.5 Å². The van der Waals surface area contributed by atoms with Crippen molar-refractivity contribution in [1.29, 1.82) is 0 Å². The van der Waals surface area contributed by atoms with Crippen LogP contribution < -0.4 is 21.3 Å². The van der Waals surface area contributed by atoms with Crippen molar-refractivity contribution in [3.63, 3.8) is 0 Å². The number of aliphatic hydroxyl groups excluding tert-OH is 24. The Morgan fingerprint density at radius 3 is 1.03 bits per heavy atom. The van der Waals surface area contributed by atoms with Gasteiger partial charge in [0.2, 0.25) is 23.6 Å². The van der Waals surface area contributed by atoms with E-state index >= 15 is 0 Å². The molecule has 0 aliphatic carbocycles. The standard InChI is InChI=1S/C62H104N4O45/c1-14-31(77)41(87)45(91)58(97-14)95-13-26-50(38(84)27(54(94)98-26)63-15(2)73)106-56-29(65-17(4)75)39(85)49(24(11-72)103-56)108-60-47(93)51(109-62-53(44(90)35(81)22(9-70)102-62)111-55-28(64-16(3)74)37(83)32(78)19(6-67)99-55)36(82)25(105-60)12-96-61-52(43(89)34(80)21(8-69)101-61)110-57-30(66-18(5)76)40(86)48(23(10-71)104-57)107-59-46(92)42(88)33(79)20(7-68)100-59/h14,19-62,67-72,77-94H,6-13H2,1-5H3,(H,63,73)(H,64,74)(H,65,75)(H,66,76)/t14-,19+,20+,21+,22+,23+,24+,25+,26+,27+,28-,29+,30+,31+,32+,33-,34+,35+,36+,37+,38+,39+,40+,41+,42-,43-,44-,45-,46+,47-,48+,49+,50+,51-,52+,53+,54?,55-,56-,57-,58+,59-,60-,61-,62+/m0/s1. The Bertz CT molecular complexity index is 2950. The Morgan fingerprint density at radius 2 is 0.559 bits per heavy atom. The largest absolute Gasteiger partial charge is 0.394 e. The average molecular weight is 1630 g/mol. The molecule has 49 heteroatoms. The highest BCUT2D eigenvalue weighted by molar-refractivity contribution is 5.74. The summed E-state index contributed by atoms with van der Waals surface area (Å²) in [5.74, 6) is -3.59. The highest BCUT2D eigenvalue weighted by Gasteiger charge is 2.61. The zero-order valence-electron chi connectivity index (χ0n) is 59.9. The van der Waals surface area contributed by atoms with Gasteiger partial charge in [-0.25, -0.2) is 0 Å². The molecule has 4 amide bonds. The highest BCUT2D eigenvalue weighted by Crippen LogP contribution is 2.40. The third-order valence-corrected chi connectivity index (χ3v) is 20.3. The van der Waals surface area contributed by atoms with Crippen molar-refractivity contribution in [2.24, 2.45) is 0 Å². The molecular formula is C62H104N4O45. The molecule has 0 radical (unpaired) electrons. The molecule has 0 aromatic heterocycles. The second kappa shape index (κ2) is 39.7. The minimum absolute atomic E-state index is 0.827. The number of carbonyl (C=O) groups is 4. The number of hydrogen-bond acceptors (Lipinski definition) is 45. The molecule has 9 saturated heterocycles. The molecular weight excluding hydrogens is 1520 g/mol. The Kier molecular flexibility index (Phi) is 32.6. The van der Waals surface area contributed by atoms with Crippen LogP contribution in [-0.2, 0) is 99.7 Å². The van der Waals surface area contributed by atoms with E-state index in [1.165, 1.54) is 6.92 Å². The van der Waals surface area contributed by atoms with Gasteiger partial charge in [0.25, 0.3) is 0 Å². The van der Waals surface area contributed by atoms with E-state index in [0.29, 0.717) is 0 Å². The maximum absolute atomic E-state index is 13.2. The van der Waals surface area contributed by atoms with E-state index < -0.39 is 353 Å². The zero-order valence-corrected chi connectivity index (χ0v) is 59.9. The van der Waals surface area contributed by atoms with Gasteiger partial charge in [-0.1, -0.05) is 0 Å². The lowest BCUT2D eigenvalue weighted by Gasteiger charge is -2.51. The highest BCUT2D eigenvalue weighted by atomic mass is 16.8. The van der Waals surface area contributed by atoms with Crippen molar-refractivity contribution < 1.29 is 222 Å². The van der Waals surface area contributed by atoms with E-state index in [9.17, 15) is 142 Å². The predicted octanol–water partition coefficient (Wildman–Crippen LogP) is -19.0. The number of nitrogens with one attached hydrogen (secondary N) is 4. The van der Waals surface area contributed by atoms with E-state index in [1.54, 1.807) is 0 Å². The van der Waals surface area contributed by atoms with Crippen LogP contribution in [0.1, 0.15) is 34.6 Å². The summed E-state index contributed by atoms with van der Waals surface area (Å²) in [5, 5.41) is 276. The van der Waals surface area contributed by atoms with Crippen LogP contribution >= 0.6 is 0 Å². The van der Waals surface area contributed by atoms with Gasteiger partial charge in [0.1, 0.15) is 213 Å². The third kappa shape index (κ3) is 20.3. The van der Waals surface area contributed by atoms with Crippen LogP contribution in [0.15, 0.2) is 0 Å². The Balaban J connectivity index is 1.05. The fraction of sp³-hybridized carbons (Fsp3) is 0.935. The maximum Gasteiger partial charge on any atom is 0.217 e. The van der Waals surface area contributed by atoms with Crippen molar-refractivity contribution in [3.05, 3.63) is 0 Å². The molecule has 45 atom stereocenters. The molecule has 49 nitrogen and oxygen atoms in total. The zero-order chi connectivity index (χ0) is 81.8. The number of aliphatic hydroxyl groups is 24. The van der Waals surface area contributed by atoms with Crippen LogP contribution in [0.25, 0.3) is 0 Å². The SMILES string of the molecule is CC(=O)N[C@@H]1[C@H](O[C@H]2[C@@H](O[C@@H]3[C@H](O)[C@H](O[C@H]4[C@H](O)[C@@H](NC(C)=O)[C@H](O[C@H]5[C@H](O)[C@@H](NC(C)=O)C(O)O[C@@H]5CO[C@@H]5O[C@@H](C)[C@@H](O)[C@@H](O)[C@@H]5O)O[C@@H]4CO)O[C@H](CO[C@H]4O[C@H](CO)[C@@H](O)[C@H](O)[C@H]4O[C@@H]4O[C@H](CO)[C@@H](O[C@@H]5O[C@H](CO)[C@H](O)[C@H](O)[C@H]5O)[C@H](O)[C@H]4NC(C)=O)[C@H]3O)O[C@H](CO)[C@@H](O)[C@@H]2O)O[C@H](CO)[C@@H](O)[C@@H]1O. The Morgan fingerprint density at radius 1 is 0.252 bits per heavy atom. The smallest absolute Gasteiger partial charge is 0.217 e. The minimum Gasteiger partial charge on any atom is -0.394 e. The van der Waals surface area contributed by atoms with Gasteiger partial charge in [-0.3, -0.25) is 19.2 Å². The van der Waals surface area contributed by atoms with Gasteiger partial charge >= 0.3 is 0 Å². The summed E-state index contributed by atoms with van der Waals surface area (Å²) in [6.07, 6.45) is -83.2. The minimum atomic E-state index is -2.55. The van der Waals surface area contributed by atoms with Crippen molar-refractivity contribution in [2.45, 2.75) is 311 Å². The molecule has 9 rings (SSSR count). The summed E-state index contributed by atoms with van der Waals surface area (Å²) in [6.45, 7) is -3.36. The summed E-state index contributed by atoms with van der Waals surface area (Å²) in [4.78, 5) is 50.9. The van der Waals surface area contributed by atoms with Crippen LogP contribution in [0.4, 0.5) is 0 Å². The summed E-state index contributed by atoms with van der Waals surface area (Å²) >= 11 is 0. The van der Waals surface area contributed by atoms with Crippen LogP contribution in [0, 0.1) is 0 Å². The molecule has 0 saturated carbocycles. The maximum atomic E-state index is 13.2. The lowest BCUT2D eigenvalue weighted by molar-refractivity contribution is -0.396. The van der Waals surface area contributed by atoms with Crippen LogP contribution in [0.3, 0.4) is 0 Å². The fourth-order valence-electron chi connectivity index (χ4n) is 14.3. The second-order valence-electron chi connectivity index (χ2n) is 28.2. The van der Waals surface area contributed by atoms with Gasteiger partial charge < -0.3 is 224 Å². The summed E-state index contributed by atoms with van der Waals surface area (Å²) in [6, 6.07) is -7.39. The summed E-state index contributed by atoms with van der Waals surface area (Å²) in [5.41, 5.74) is 0. The van der Waals surface area contributed by atoms with Crippen molar-refractivity contribution in [1.82, 2.24) is 21.3 Å². The first-order chi connectivity index (χ1) is 52.4. The number of carbonyl (C=O) groups excluding carboxylic acids is 4. The third-order valence-electron chi connectivity index (χ3n) is 20.3. The molecule has 9 heterocycles. The number of ether oxygens (including phenoxy) is 17. The Hall–Kier alpha value is -3.76. The molecule has 0 aromatic carbocycles. The average Bonchev–Trinajstić information content (AvgIpc) is 0.768. The van der Waals surface area contributed by atoms with E-state index in [1.807, 2.05) is 0 Å². The van der Waals surface area contributed by atoms with E-state index in [-0.39, 0.29) is 0 Å². The molecule has 28 N–H and O–H groups in total. The van der Waals surface area contributed by atoms with Gasteiger partial charge in [-0.05, 0) is 6.92 Å². The first-order valence-electron chi connectivity index (χ1n) is 35.5. The molecule has 642 valence electrons. The molecule has 0 spiro atoms. The number of hydrogen-bond donors (Lipinski definition) is 28. The lowest BCUT2D eigenvalue weighted by Crippen LogP contribution is -2.71. The normalized spacial score (nSPS) is 49.3. The molecule has 9 aliphatic rings. The van der Waals surface area contributed by atoms with Crippen molar-refractivity contribution in [2.75, 3.05) is 52.9 Å². The topological polar surface area (TPSA) is 759 Å². The van der Waals surface area contributed by atoms with Crippen LogP contribution in [0.2, 0.25) is 0 Å². The first-order valence-corrected chi connectivity index (χ1v) is 35.5. The second-order valence-corrected chi connectivity index (χ2v) is 28.2. The van der Waals surface area contributed by atoms with Gasteiger partial charge in [-0.15, -0.1) is 0 Å². The quantitative estimate of drug-likeness (QED) is 0.0346. The van der Waals surface area contributed by atoms with Gasteiger partial charge in [0.15, 0.2) is 56.6 Å². The van der Waals surface area contributed by atoms with Gasteiger partial charge in [0, 0.05) is 27.7 Å². The first kappa shape index (κ1) is 91.1. The fourth-order valence-corrected chi connectivity index (χ4v) is 14.3. The van der Waals surface area contributed by atoms with E-state index in [2.05, 4.69) is 21.3 Å². The Labute approximate surface area is 629 Å². The molecule has 111 heavy (non-hydrogen) atoms. The monoisotopic (exact) mass is 1620 g/mol. The lowest BCUT2D eigenvalue weighted by atomic mass is 9.93. The molecule has 9 fully saturated rings. The summed E-state index contributed by atoms with van der Waals surface area (Å²) in [7, 11) is 0. The van der Waals surface area contributed by atoms with Crippen molar-refractivity contribution >= 4 is 23.6 Å². The summed E-state index contributed by atoms with van der Waals surface area (Å²) < 4.78 is 101. The number of amides is 4. The molecule has 9 aliphatic heterocycles. The molecule has 0 bridgehead atoms. The molecule has 1 unspecified atom stereocenters. The van der Waals surface area contributed by atoms with Crippen molar-refractivity contribution in [3.8, 4) is 0 Å². The van der Waals surface area contributed by atoms with Crippen LogP contribution in [0.5, 0.6) is 0 Å². The molecule has 0 aromatic rings. The number of rotatable bonds is 28. The van der Waals surface area contributed by atoms with Gasteiger partial charge in [0.05, 0.1) is 59.0 Å². The predicted molar refractivity (Wildman–Crippen MR) is 342 cm³/mol. The van der Waals surface area contributed by atoms with Gasteiger partial charge in [-0.2, -0.15) is 0 Å².